The number of hydrogen-bond acceptors (Lipinski definition) is 4. The predicted octanol–water partition coefficient (Wildman–Crippen LogP) is 3.96. The van der Waals surface area contributed by atoms with Crippen LogP contribution in [0.4, 0.5) is 0 Å². The molecular formula is C28H28N4O3. The monoisotopic (exact) mass is 468 g/mol. The molecule has 0 fully saturated rings. The summed E-state index contributed by atoms with van der Waals surface area (Å²) in [6.45, 7) is 2.78. The van der Waals surface area contributed by atoms with Crippen LogP contribution in [0.5, 0.6) is 5.75 Å². The van der Waals surface area contributed by atoms with E-state index >= 15 is 0 Å². The number of amides is 2. The Balaban J connectivity index is 1.44. The molecule has 2 amide bonds. The summed E-state index contributed by atoms with van der Waals surface area (Å²) in [5.41, 5.74) is 4.99. The van der Waals surface area contributed by atoms with Gasteiger partial charge in [0.25, 0.3) is 5.91 Å². The van der Waals surface area contributed by atoms with Crippen LogP contribution in [0.3, 0.4) is 0 Å². The van der Waals surface area contributed by atoms with Crippen LogP contribution in [-0.4, -0.2) is 35.2 Å². The second-order valence-corrected chi connectivity index (χ2v) is 8.25. The number of methoxy groups -OCH3 is 1. The molecule has 1 heterocycles. The third-order valence-corrected chi connectivity index (χ3v) is 5.58. The van der Waals surface area contributed by atoms with Crippen molar-refractivity contribution in [3.63, 3.8) is 0 Å². The highest BCUT2D eigenvalue weighted by Gasteiger charge is 2.19. The number of aryl methyl sites for hydroxylation is 1. The van der Waals surface area contributed by atoms with Crippen LogP contribution in [0.25, 0.3) is 11.3 Å². The van der Waals surface area contributed by atoms with Crippen LogP contribution in [0.15, 0.2) is 85.1 Å². The van der Waals surface area contributed by atoms with Gasteiger partial charge in [-0.3, -0.25) is 14.3 Å². The minimum absolute atomic E-state index is 0.133. The second kappa shape index (κ2) is 11.2. The summed E-state index contributed by atoms with van der Waals surface area (Å²) in [5.74, 6) is 0.131. The summed E-state index contributed by atoms with van der Waals surface area (Å²) in [4.78, 5) is 25.4. The van der Waals surface area contributed by atoms with Crippen molar-refractivity contribution in [1.29, 1.82) is 0 Å². The third kappa shape index (κ3) is 6.35. The van der Waals surface area contributed by atoms with E-state index in [0.717, 1.165) is 28.0 Å². The van der Waals surface area contributed by atoms with E-state index in [1.54, 1.807) is 18.0 Å². The fourth-order valence-electron chi connectivity index (χ4n) is 3.63. The van der Waals surface area contributed by atoms with Crippen molar-refractivity contribution in [2.75, 3.05) is 13.7 Å². The SMILES string of the molecule is COc1ccc(CNC(=O)CNC(=O)c2cn(Cc3ccccc3)nc2-c2ccc(C)cc2)cc1. The molecule has 0 aliphatic rings. The summed E-state index contributed by atoms with van der Waals surface area (Å²) in [6, 6.07) is 25.2. The van der Waals surface area contributed by atoms with E-state index in [9.17, 15) is 9.59 Å². The summed E-state index contributed by atoms with van der Waals surface area (Å²) in [6.07, 6.45) is 1.73. The molecule has 0 unspecified atom stereocenters. The number of hydrogen-bond donors (Lipinski definition) is 2. The molecule has 1 aromatic heterocycles. The van der Waals surface area contributed by atoms with Gasteiger partial charge < -0.3 is 15.4 Å². The van der Waals surface area contributed by atoms with Gasteiger partial charge in [-0.25, -0.2) is 0 Å². The lowest BCUT2D eigenvalue weighted by Gasteiger charge is -2.08. The Kier molecular flexibility index (Phi) is 7.57. The summed E-state index contributed by atoms with van der Waals surface area (Å²) in [7, 11) is 1.61. The Morgan fingerprint density at radius 3 is 2.29 bits per heavy atom. The van der Waals surface area contributed by atoms with Crippen molar-refractivity contribution in [2.45, 2.75) is 20.0 Å². The van der Waals surface area contributed by atoms with E-state index in [1.807, 2.05) is 85.8 Å². The first-order valence-corrected chi connectivity index (χ1v) is 11.4. The lowest BCUT2D eigenvalue weighted by atomic mass is 10.1. The van der Waals surface area contributed by atoms with Crippen LogP contribution in [0.2, 0.25) is 0 Å². The van der Waals surface area contributed by atoms with Crippen molar-refractivity contribution in [1.82, 2.24) is 20.4 Å². The Morgan fingerprint density at radius 1 is 0.886 bits per heavy atom. The first-order chi connectivity index (χ1) is 17.0. The highest BCUT2D eigenvalue weighted by atomic mass is 16.5. The zero-order valence-corrected chi connectivity index (χ0v) is 19.8. The summed E-state index contributed by atoms with van der Waals surface area (Å²) < 4.78 is 6.90. The maximum absolute atomic E-state index is 13.1. The van der Waals surface area contributed by atoms with Gasteiger partial charge in [-0.2, -0.15) is 5.10 Å². The fourth-order valence-corrected chi connectivity index (χ4v) is 3.63. The molecule has 2 N–H and O–H groups in total. The van der Waals surface area contributed by atoms with Crippen molar-refractivity contribution >= 4 is 11.8 Å². The molecule has 0 saturated heterocycles. The molecule has 4 aromatic rings. The number of aromatic nitrogens is 2. The van der Waals surface area contributed by atoms with E-state index in [-0.39, 0.29) is 18.4 Å². The molecule has 35 heavy (non-hydrogen) atoms. The molecule has 3 aromatic carbocycles. The van der Waals surface area contributed by atoms with Crippen LogP contribution in [0, 0.1) is 6.92 Å². The van der Waals surface area contributed by atoms with Crippen LogP contribution >= 0.6 is 0 Å². The van der Waals surface area contributed by atoms with E-state index in [1.165, 1.54) is 0 Å². The second-order valence-electron chi connectivity index (χ2n) is 8.25. The molecule has 0 aliphatic heterocycles. The number of ether oxygens (including phenoxy) is 1. The number of carbonyl (C=O) groups excluding carboxylic acids is 2. The van der Waals surface area contributed by atoms with Crippen molar-refractivity contribution < 1.29 is 14.3 Å². The average molecular weight is 469 g/mol. The van der Waals surface area contributed by atoms with E-state index in [0.29, 0.717) is 24.3 Å². The summed E-state index contributed by atoms with van der Waals surface area (Å²) >= 11 is 0. The topological polar surface area (TPSA) is 85.3 Å². The molecule has 7 nitrogen and oxygen atoms in total. The van der Waals surface area contributed by atoms with Crippen molar-refractivity contribution in [3.05, 3.63) is 107 Å². The standard InChI is InChI=1S/C28H28N4O3/c1-20-8-12-23(13-9-20)27-25(19-32(31-27)18-22-6-4-3-5-7-22)28(34)30-17-26(33)29-16-21-10-14-24(35-2)15-11-21/h3-15,19H,16-18H2,1-2H3,(H,29,33)(H,30,34). The fraction of sp³-hybridized carbons (Fsp3) is 0.179. The van der Waals surface area contributed by atoms with Gasteiger partial charge in [-0.05, 0) is 30.2 Å². The largest absolute Gasteiger partial charge is 0.497 e. The molecule has 0 bridgehead atoms. The van der Waals surface area contributed by atoms with Gasteiger partial charge in [-0.15, -0.1) is 0 Å². The van der Waals surface area contributed by atoms with Gasteiger partial charge in [0, 0.05) is 18.3 Å². The van der Waals surface area contributed by atoms with Crippen LogP contribution in [0.1, 0.15) is 27.0 Å². The zero-order chi connectivity index (χ0) is 24.6. The number of nitrogens with one attached hydrogen (secondary N) is 2. The number of carbonyl (C=O) groups is 2. The van der Waals surface area contributed by atoms with Crippen molar-refractivity contribution in [3.8, 4) is 17.0 Å². The van der Waals surface area contributed by atoms with Gasteiger partial charge >= 0.3 is 0 Å². The molecule has 0 spiro atoms. The third-order valence-electron chi connectivity index (χ3n) is 5.58. The minimum atomic E-state index is -0.348. The molecule has 4 rings (SSSR count). The van der Waals surface area contributed by atoms with Crippen molar-refractivity contribution in [2.24, 2.45) is 0 Å². The first-order valence-electron chi connectivity index (χ1n) is 11.4. The Hall–Kier alpha value is -4.39. The lowest BCUT2D eigenvalue weighted by Crippen LogP contribution is -2.36. The van der Waals surface area contributed by atoms with Gasteiger partial charge in [-0.1, -0.05) is 72.3 Å². The highest BCUT2D eigenvalue weighted by molar-refractivity contribution is 6.01. The number of rotatable bonds is 9. The van der Waals surface area contributed by atoms with Crippen LogP contribution < -0.4 is 15.4 Å². The predicted molar refractivity (Wildman–Crippen MR) is 135 cm³/mol. The normalized spacial score (nSPS) is 10.6. The van der Waals surface area contributed by atoms with E-state index in [4.69, 9.17) is 4.74 Å². The van der Waals surface area contributed by atoms with Gasteiger partial charge in [0.2, 0.25) is 5.91 Å². The molecule has 0 radical (unpaired) electrons. The molecule has 0 atom stereocenters. The Morgan fingerprint density at radius 2 is 1.60 bits per heavy atom. The lowest BCUT2D eigenvalue weighted by molar-refractivity contribution is -0.120. The number of nitrogens with zero attached hydrogens (tertiary/aromatic N) is 2. The van der Waals surface area contributed by atoms with E-state index < -0.39 is 0 Å². The maximum Gasteiger partial charge on any atom is 0.255 e. The average Bonchev–Trinajstić information content (AvgIpc) is 3.31. The molecule has 7 heteroatoms. The van der Waals surface area contributed by atoms with Gasteiger partial charge in [0.1, 0.15) is 11.4 Å². The zero-order valence-electron chi connectivity index (χ0n) is 19.8. The summed E-state index contributed by atoms with van der Waals surface area (Å²) in [5, 5.41) is 10.2. The quantitative estimate of drug-likeness (QED) is 0.389. The Bertz CT molecular complexity index is 1280. The molecule has 178 valence electrons. The smallest absolute Gasteiger partial charge is 0.255 e. The molecule has 0 aliphatic carbocycles. The van der Waals surface area contributed by atoms with Crippen LogP contribution in [-0.2, 0) is 17.9 Å². The van der Waals surface area contributed by atoms with Gasteiger partial charge in [0.15, 0.2) is 0 Å². The van der Waals surface area contributed by atoms with E-state index in [2.05, 4.69) is 15.7 Å². The first kappa shape index (κ1) is 23.8. The highest BCUT2D eigenvalue weighted by Crippen LogP contribution is 2.23. The minimum Gasteiger partial charge on any atom is -0.497 e. The molecular weight excluding hydrogens is 440 g/mol. The molecule has 0 saturated carbocycles. The van der Waals surface area contributed by atoms with Gasteiger partial charge in [0.05, 0.1) is 25.8 Å². The maximum atomic E-state index is 13.1. The number of benzene rings is 3. The Labute approximate surface area is 204 Å².